The van der Waals surface area contributed by atoms with Gasteiger partial charge < -0.3 is 14.5 Å². The lowest BCUT2D eigenvalue weighted by Gasteiger charge is -2.37. The van der Waals surface area contributed by atoms with E-state index in [0.29, 0.717) is 18.7 Å². The van der Waals surface area contributed by atoms with Crippen LogP contribution >= 0.6 is 0 Å². The van der Waals surface area contributed by atoms with E-state index in [0.717, 1.165) is 30.2 Å². The Morgan fingerprint density at radius 3 is 2.35 bits per heavy atom. The van der Waals surface area contributed by atoms with Gasteiger partial charge in [-0.1, -0.05) is 12.1 Å². The van der Waals surface area contributed by atoms with Gasteiger partial charge in [0.25, 0.3) is 5.91 Å². The normalized spacial score (nSPS) is 13.7. The van der Waals surface area contributed by atoms with Gasteiger partial charge in [-0.15, -0.1) is 0 Å². The number of hydrogen-bond acceptors (Lipinski definition) is 3. The van der Waals surface area contributed by atoms with Crippen LogP contribution in [0.5, 0.6) is 5.75 Å². The fourth-order valence-electron chi connectivity index (χ4n) is 2.98. The van der Waals surface area contributed by atoms with E-state index >= 15 is 0 Å². The van der Waals surface area contributed by atoms with Crippen molar-refractivity contribution in [2.75, 3.05) is 36.0 Å². The number of para-hydroxylation sites is 2. The third kappa shape index (κ3) is 3.02. The zero-order valence-electron chi connectivity index (χ0n) is 13.7. The lowest BCUT2D eigenvalue weighted by Crippen LogP contribution is -2.44. The number of hydrogen-bond donors (Lipinski definition) is 0. The Bertz CT molecular complexity index is 682. The Kier molecular flexibility index (Phi) is 4.51. The van der Waals surface area contributed by atoms with Gasteiger partial charge in [0.15, 0.2) is 0 Å². The number of carbonyl (C=O) groups excluding carboxylic acids is 1. The maximum absolute atomic E-state index is 12.9. The summed E-state index contributed by atoms with van der Waals surface area (Å²) >= 11 is 0. The van der Waals surface area contributed by atoms with Crippen LogP contribution in [-0.2, 0) is 0 Å². The van der Waals surface area contributed by atoms with Crippen LogP contribution in [0, 0.1) is 0 Å². The zero-order chi connectivity index (χ0) is 16.2. The first-order chi connectivity index (χ1) is 11.2. The molecule has 3 rings (SSSR count). The number of carbonyl (C=O) groups is 1. The quantitative estimate of drug-likeness (QED) is 0.865. The summed E-state index contributed by atoms with van der Waals surface area (Å²) in [6.07, 6.45) is 0. The monoisotopic (exact) mass is 310 g/mol. The molecule has 0 bridgehead atoms. The van der Waals surface area contributed by atoms with Gasteiger partial charge in [0, 0.05) is 25.2 Å². The summed E-state index contributed by atoms with van der Waals surface area (Å²) in [6.45, 7) is 7.22. The molecule has 0 aromatic heterocycles. The van der Waals surface area contributed by atoms with E-state index in [-0.39, 0.29) is 5.91 Å². The van der Waals surface area contributed by atoms with E-state index in [9.17, 15) is 4.79 Å². The first kappa shape index (κ1) is 15.4. The number of nitrogens with zero attached hydrogens (tertiary/aromatic N) is 2. The minimum Gasteiger partial charge on any atom is -0.494 e. The zero-order valence-corrected chi connectivity index (χ0v) is 13.7. The molecule has 0 fully saturated rings. The molecule has 0 atom stereocenters. The van der Waals surface area contributed by atoms with E-state index < -0.39 is 0 Å². The Labute approximate surface area is 137 Å². The topological polar surface area (TPSA) is 32.8 Å². The molecule has 120 valence electrons. The molecular formula is C19H22N2O2. The number of amides is 1. The third-order valence-electron chi connectivity index (χ3n) is 4.15. The van der Waals surface area contributed by atoms with Gasteiger partial charge in [-0.2, -0.15) is 0 Å². The second-order valence-corrected chi connectivity index (χ2v) is 5.48. The second-order valence-electron chi connectivity index (χ2n) is 5.48. The first-order valence-electron chi connectivity index (χ1n) is 8.13. The molecule has 23 heavy (non-hydrogen) atoms. The summed E-state index contributed by atoms with van der Waals surface area (Å²) in [5, 5.41) is 0. The molecule has 1 aliphatic rings. The van der Waals surface area contributed by atoms with Crippen molar-refractivity contribution < 1.29 is 9.53 Å². The van der Waals surface area contributed by atoms with E-state index in [1.165, 1.54) is 0 Å². The van der Waals surface area contributed by atoms with Gasteiger partial charge in [-0.3, -0.25) is 4.79 Å². The molecule has 0 radical (unpaired) electrons. The molecule has 1 heterocycles. The fraction of sp³-hybridized carbons (Fsp3) is 0.316. The molecule has 2 aromatic carbocycles. The fourth-order valence-corrected chi connectivity index (χ4v) is 2.98. The SMILES string of the molecule is CCOc1ccc(C(=O)N2CCN(CC)c3ccccc32)cc1. The maximum atomic E-state index is 12.9. The molecule has 0 unspecified atom stereocenters. The molecule has 0 N–H and O–H groups in total. The summed E-state index contributed by atoms with van der Waals surface area (Å²) < 4.78 is 5.44. The van der Waals surface area contributed by atoms with Crippen molar-refractivity contribution in [1.82, 2.24) is 0 Å². The van der Waals surface area contributed by atoms with Gasteiger partial charge >= 0.3 is 0 Å². The predicted molar refractivity (Wildman–Crippen MR) is 93.6 cm³/mol. The van der Waals surface area contributed by atoms with Crippen LogP contribution in [0.3, 0.4) is 0 Å². The summed E-state index contributed by atoms with van der Waals surface area (Å²) in [5.41, 5.74) is 2.80. The van der Waals surface area contributed by atoms with Crippen LogP contribution in [0.2, 0.25) is 0 Å². The standard InChI is InChI=1S/C19H22N2O2/c1-3-20-13-14-21(18-8-6-5-7-17(18)20)19(22)15-9-11-16(12-10-15)23-4-2/h5-12H,3-4,13-14H2,1-2H3. The van der Waals surface area contributed by atoms with Crippen LogP contribution in [0.25, 0.3) is 0 Å². The lowest BCUT2D eigenvalue weighted by molar-refractivity contribution is 0.0986. The number of benzene rings is 2. The molecule has 2 aromatic rings. The van der Waals surface area contributed by atoms with E-state index in [4.69, 9.17) is 4.74 Å². The molecule has 0 saturated carbocycles. The minimum atomic E-state index is 0.0382. The molecule has 0 spiro atoms. The lowest BCUT2D eigenvalue weighted by atomic mass is 10.1. The second kappa shape index (κ2) is 6.73. The Morgan fingerprint density at radius 1 is 1.00 bits per heavy atom. The third-order valence-corrected chi connectivity index (χ3v) is 4.15. The summed E-state index contributed by atoms with van der Waals surface area (Å²) in [4.78, 5) is 17.1. The number of rotatable bonds is 4. The van der Waals surface area contributed by atoms with Crippen molar-refractivity contribution in [2.45, 2.75) is 13.8 Å². The van der Waals surface area contributed by atoms with Crippen molar-refractivity contribution in [1.29, 1.82) is 0 Å². The van der Waals surface area contributed by atoms with Gasteiger partial charge in [0.05, 0.1) is 18.0 Å². The van der Waals surface area contributed by atoms with Gasteiger partial charge in [-0.25, -0.2) is 0 Å². The minimum absolute atomic E-state index is 0.0382. The van der Waals surface area contributed by atoms with Crippen LogP contribution in [0.1, 0.15) is 24.2 Å². The molecule has 1 amide bonds. The van der Waals surface area contributed by atoms with Crippen molar-refractivity contribution in [3.8, 4) is 5.75 Å². The highest BCUT2D eigenvalue weighted by atomic mass is 16.5. The van der Waals surface area contributed by atoms with Crippen molar-refractivity contribution in [2.24, 2.45) is 0 Å². The molecule has 0 aliphatic carbocycles. The van der Waals surface area contributed by atoms with Crippen molar-refractivity contribution >= 4 is 17.3 Å². The predicted octanol–water partition coefficient (Wildman–Crippen LogP) is 3.57. The largest absolute Gasteiger partial charge is 0.494 e. The van der Waals surface area contributed by atoms with Crippen LogP contribution < -0.4 is 14.5 Å². The Hall–Kier alpha value is -2.49. The maximum Gasteiger partial charge on any atom is 0.258 e. The summed E-state index contributed by atoms with van der Waals surface area (Å²) in [5.74, 6) is 0.830. The number of fused-ring (bicyclic) bond motifs is 1. The Balaban J connectivity index is 1.88. The van der Waals surface area contributed by atoms with E-state index in [2.05, 4.69) is 17.9 Å². The average Bonchev–Trinajstić information content (AvgIpc) is 2.61. The van der Waals surface area contributed by atoms with Crippen LogP contribution in [0.15, 0.2) is 48.5 Å². The van der Waals surface area contributed by atoms with Crippen LogP contribution in [-0.4, -0.2) is 32.1 Å². The van der Waals surface area contributed by atoms with Gasteiger partial charge in [0.1, 0.15) is 5.75 Å². The molecule has 1 aliphatic heterocycles. The number of likely N-dealkylation sites (N-methyl/N-ethyl adjacent to an activating group) is 1. The summed E-state index contributed by atoms with van der Waals surface area (Å²) in [6, 6.07) is 15.5. The van der Waals surface area contributed by atoms with Gasteiger partial charge in [0.2, 0.25) is 0 Å². The number of anilines is 2. The van der Waals surface area contributed by atoms with E-state index in [1.54, 1.807) is 0 Å². The number of ether oxygens (including phenoxy) is 1. The van der Waals surface area contributed by atoms with Gasteiger partial charge in [-0.05, 0) is 50.2 Å². The van der Waals surface area contributed by atoms with Crippen molar-refractivity contribution in [3.05, 3.63) is 54.1 Å². The molecular weight excluding hydrogens is 288 g/mol. The first-order valence-corrected chi connectivity index (χ1v) is 8.13. The summed E-state index contributed by atoms with van der Waals surface area (Å²) in [7, 11) is 0. The Morgan fingerprint density at radius 2 is 1.70 bits per heavy atom. The molecule has 0 saturated heterocycles. The molecule has 4 heteroatoms. The van der Waals surface area contributed by atoms with Crippen molar-refractivity contribution in [3.63, 3.8) is 0 Å². The highest BCUT2D eigenvalue weighted by Gasteiger charge is 2.26. The van der Waals surface area contributed by atoms with Crippen LogP contribution in [0.4, 0.5) is 11.4 Å². The smallest absolute Gasteiger partial charge is 0.258 e. The highest BCUT2D eigenvalue weighted by Crippen LogP contribution is 2.33. The highest BCUT2D eigenvalue weighted by molar-refractivity contribution is 6.08. The average molecular weight is 310 g/mol. The molecule has 4 nitrogen and oxygen atoms in total. The van der Waals surface area contributed by atoms with E-state index in [1.807, 2.05) is 54.3 Å².